The van der Waals surface area contributed by atoms with E-state index in [0.717, 1.165) is 0 Å². The molecule has 0 spiro atoms. The molecule has 0 aliphatic carbocycles. The minimum atomic E-state index is -0.913. The van der Waals surface area contributed by atoms with Crippen molar-refractivity contribution in [1.82, 2.24) is 0 Å². The number of aliphatic carboxylic acids is 1. The van der Waals surface area contributed by atoms with Gasteiger partial charge >= 0.3 is 5.97 Å². The van der Waals surface area contributed by atoms with E-state index in [0.29, 0.717) is 17.1 Å². The lowest BCUT2D eigenvalue weighted by Gasteiger charge is -2.15. The molecule has 1 rings (SSSR count). The molecule has 0 aliphatic rings. The second kappa shape index (κ2) is 6.10. The van der Waals surface area contributed by atoms with E-state index in [1.165, 1.54) is 7.11 Å². The Balaban J connectivity index is 2.79. The lowest BCUT2D eigenvalue weighted by atomic mass is 10.2. The number of aliphatic hydroxyl groups is 1. The molecular formula is C12H16O5. The largest absolute Gasteiger partial charge is 0.493 e. The molecule has 1 aromatic carbocycles. The van der Waals surface area contributed by atoms with Crippen LogP contribution in [0.3, 0.4) is 0 Å². The maximum atomic E-state index is 10.5. The molecule has 0 amide bonds. The predicted molar refractivity (Wildman–Crippen MR) is 61.3 cm³/mol. The van der Waals surface area contributed by atoms with Gasteiger partial charge in [-0.1, -0.05) is 6.07 Å². The summed E-state index contributed by atoms with van der Waals surface area (Å²) in [6, 6.07) is 5.01. The molecule has 0 fully saturated rings. The Labute approximate surface area is 99.6 Å². The molecule has 94 valence electrons. The van der Waals surface area contributed by atoms with Gasteiger partial charge in [-0.15, -0.1) is 0 Å². The van der Waals surface area contributed by atoms with Gasteiger partial charge in [-0.05, 0) is 24.6 Å². The average molecular weight is 240 g/mol. The van der Waals surface area contributed by atoms with Crippen molar-refractivity contribution in [3.8, 4) is 11.5 Å². The molecule has 0 aliphatic heterocycles. The Morgan fingerprint density at radius 1 is 1.41 bits per heavy atom. The summed E-state index contributed by atoms with van der Waals surface area (Å²) in [5.74, 6) is 0.0377. The zero-order valence-corrected chi connectivity index (χ0v) is 9.84. The van der Waals surface area contributed by atoms with E-state index in [4.69, 9.17) is 19.7 Å². The van der Waals surface area contributed by atoms with E-state index in [1.807, 2.05) is 0 Å². The van der Waals surface area contributed by atoms with E-state index in [1.54, 1.807) is 25.1 Å². The highest BCUT2D eigenvalue weighted by Crippen LogP contribution is 2.29. The summed E-state index contributed by atoms with van der Waals surface area (Å²) < 4.78 is 10.6. The van der Waals surface area contributed by atoms with Crippen LogP contribution in [0.5, 0.6) is 11.5 Å². The summed E-state index contributed by atoms with van der Waals surface area (Å²) in [6.45, 7) is 1.59. The molecule has 1 atom stereocenters. The van der Waals surface area contributed by atoms with E-state index in [9.17, 15) is 4.79 Å². The first-order valence-electron chi connectivity index (χ1n) is 5.23. The highest BCUT2D eigenvalue weighted by Gasteiger charge is 2.12. The van der Waals surface area contributed by atoms with Gasteiger partial charge in [0.2, 0.25) is 0 Å². The highest BCUT2D eigenvalue weighted by atomic mass is 16.5. The SMILES string of the molecule is COc1cc(CO)ccc1O[C@@H](C)CC(=O)O. The molecule has 5 nitrogen and oxygen atoms in total. The Morgan fingerprint density at radius 3 is 2.65 bits per heavy atom. The molecule has 0 bridgehead atoms. The second-order valence-corrected chi connectivity index (χ2v) is 3.67. The standard InChI is InChI=1S/C12H16O5/c1-8(5-12(14)15)17-10-4-3-9(7-13)6-11(10)16-2/h3-4,6,8,13H,5,7H2,1-2H3,(H,14,15)/t8-/m0/s1. The van der Waals surface area contributed by atoms with Crippen molar-refractivity contribution in [1.29, 1.82) is 0 Å². The van der Waals surface area contributed by atoms with Crippen LogP contribution in [0.2, 0.25) is 0 Å². The molecular weight excluding hydrogens is 224 g/mol. The first-order chi connectivity index (χ1) is 8.06. The minimum Gasteiger partial charge on any atom is -0.493 e. The van der Waals surface area contributed by atoms with E-state index < -0.39 is 12.1 Å². The minimum absolute atomic E-state index is 0.0785. The first kappa shape index (κ1) is 13.3. The first-order valence-corrected chi connectivity index (χ1v) is 5.23. The number of hydrogen-bond donors (Lipinski definition) is 2. The maximum absolute atomic E-state index is 10.5. The van der Waals surface area contributed by atoms with Gasteiger partial charge in [-0.2, -0.15) is 0 Å². The van der Waals surface area contributed by atoms with Gasteiger partial charge in [-0.3, -0.25) is 4.79 Å². The molecule has 0 saturated carbocycles. The second-order valence-electron chi connectivity index (χ2n) is 3.67. The van der Waals surface area contributed by atoms with E-state index in [-0.39, 0.29) is 13.0 Å². The monoisotopic (exact) mass is 240 g/mol. The Kier molecular flexibility index (Phi) is 4.78. The van der Waals surface area contributed by atoms with Crippen LogP contribution in [0.15, 0.2) is 18.2 Å². The van der Waals surface area contributed by atoms with Crippen molar-refractivity contribution in [2.75, 3.05) is 7.11 Å². The molecule has 0 saturated heterocycles. The summed E-state index contributed by atoms with van der Waals surface area (Å²) in [7, 11) is 1.49. The van der Waals surface area contributed by atoms with E-state index >= 15 is 0 Å². The van der Waals surface area contributed by atoms with Crippen molar-refractivity contribution in [2.24, 2.45) is 0 Å². The fraction of sp³-hybridized carbons (Fsp3) is 0.417. The average Bonchev–Trinajstić information content (AvgIpc) is 2.28. The third-order valence-electron chi connectivity index (χ3n) is 2.20. The van der Waals surface area contributed by atoms with Crippen LogP contribution in [-0.4, -0.2) is 29.4 Å². The Morgan fingerprint density at radius 2 is 2.12 bits per heavy atom. The van der Waals surface area contributed by atoms with Crippen molar-refractivity contribution in [2.45, 2.75) is 26.1 Å². The van der Waals surface area contributed by atoms with Crippen LogP contribution < -0.4 is 9.47 Å². The number of methoxy groups -OCH3 is 1. The van der Waals surface area contributed by atoms with Crippen LogP contribution in [0.1, 0.15) is 18.9 Å². The summed E-state index contributed by atoms with van der Waals surface area (Å²) in [5.41, 5.74) is 0.708. The summed E-state index contributed by atoms with van der Waals surface area (Å²) in [4.78, 5) is 10.5. The molecule has 5 heteroatoms. The van der Waals surface area contributed by atoms with Gasteiger partial charge in [0.05, 0.1) is 20.1 Å². The maximum Gasteiger partial charge on any atom is 0.307 e. The molecule has 0 aromatic heterocycles. The van der Waals surface area contributed by atoms with Crippen LogP contribution in [-0.2, 0) is 11.4 Å². The number of aliphatic hydroxyl groups excluding tert-OH is 1. The van der Waals surface area contributed by atoms with Crippen molar-refractivity contribution < 1.29 is 24.5 Å². The fourth-order valence-corrected chi connectivity index (χ4v) is 1.41. The fourth-order valence-electron chi connectivity index (χ4n) is 1.41. The normalized spacial score (nSPS) is 11.9. The van der Waals surface area contributed by atoms with Crippen molar-refractivity contribution in [3.63, 3.8) is 0 Å². The van der Waals surface area contributed by atoms with Gasteiger partial charge in [0.15, 0.2) is 11.5 Å². The quantitative estimate of drug-likeness (QED) is 0.786. The third kappa shape index (κ3) is 3.96. The van der Waals surface area contributed by atoms with Crippen LogP contribution in [0, 0.1) is 0 Å². The molecule has 0 unspecified atom stereocenters. The number of carboxylic acid groups (broad SMARTS) is 1. The number of hydrogen-bond acceptors (Lipinski definition) is 4. The molecule has 17 heavy (non-hydrogen) atoms. The van der Waals surface area contributed by atoms with Gasteiger partial charge in [0, 0.05) is 0 Å². The number of carbonyl (C=O) groups is 1. The number of carboxylic acids is 1. The smallest absolute Gasteiger partial charge is 0.307 e. The topological polar surface area (TPSA) is 76.0 Å². The van der Waals surface area contributed by atoms with E-state index in [2.05, 4.69) is 0 Å². The summed E-state index contributed by atoms with van der Waals surface area (Å²) in [6.07, 6.45) is -0.522. The lowest BCUT2D eigenvalue weighted by molar-refractivity contribution is -0.138. The molecule has 2 N–H and O–H groups in total. The zero-order valence-electron chi connectivity index (χ0n) is 9.84. The molecule has 1 aromatic rings. The molecule has 0 radical (unpaired) electrons. The van der Waals surface area contributed by atoms with Crippen LogP contribution in [0.25, 0.3) is 0 Å². The number of ether oxygens (including phenoxy) is 2. The van der Waals surface area contributed by atoms with Gasteiger partial charge in [0.1, 0.15) is 6.10 Å². The summed E-state index contributed by atoms with van der Waals surface area (Å²) in [5, 5.41) is 17.6. The van der Waals surface area contributed by atoms with Gasteiger partial charge in [-0.25, -0.2) is 0 Å². The Bertz CT molecular complexity index is 388. The molecule has 0 heterocycles. The Hall–Kier alpha value is -1.75. The van der Waals surface area contributed by atoms with Crippen LogP contribution in [0.4, 0.5) is 0 Å². The highest BCUT2D eigenvalue weighted by molar-refractivity contribution is 5.67. The predicted octanol–water partition coefficient (Wildman–Crippen LogP) is 1.43. The van der Waals surface area contributed by atoms with Gasteiger partial charge in [0.25, 0.3) is 0 Å². The zero-order chi connectivity index (χ0) is 12.8. The number of rotatable bonds is 6. The van der Waals surface area contributed by atoms with Crippen LogP contribution >= 0.6 is 0 Å². The lowest BCUT2D eigenvalue weighted by Crippen LogP contribution is -2.17. The van der Waals surface area contributed by atoms with Crippen molar-refractivity contribution in [3.05, 3.63) is 23.8 Å². The third-order valence-corrected chi connectivity index (χ3v) is 2.20. The summed E-state index contributed by atoms with van der Waals surface area (Å²) >= 11 is 0. The number of benzene rings is 1. The van der Waals surface area contributed by atoms with Crippen molar-refractivity contribution >= 4 is 5.97 Å². The van der Waals surface area contributed by atoms with Gasteiger partial charge < -0.3 is 19.7 Å².